The van der Waals surface area contributed by atoms with Crippen LogP contribution in [0.15, 0.2) is 102 Å². The largest absolute Gasteiger partial charge is 0.494 e. The van der Waals surface area contributed by atoms with Crippen LogP contribution in [0.2, 0.25) is 0 Å². The molecule has 0 aromatic heterocycles. The fourth-order valence-corrected chi connectivity index (χ4v) is 6.35. The summed E-state index contributed by atoms with van der Waals surface area (Å²) in [6, 6.07) is 32.2. The summed E-state index contributed by atoms with van der Waals surface area (Å²) >= 11 is 3.42. The maximum Gasteiger partial charge on any atom is 0.488 e. The highest BCUT2D eigenvalue weighted by Gasteiger charge is 2.11. The molecule has 0 saturated carbocycles. The van der Waals surface area contributed by atoms with Crippen LogP contribution >= 0.6 is 15.9 Å². The first-order valence-electron chi connectivity index (χ1n) is 18.4. The maximum absolute atomic E-state index is 8.67. The van der Waals surface area contributed by atoms with Crippen LogP contribution in [0, 0.1) is 13.8 Å². The topological polar surface area (TPSA) is 65.4 Å². The van der Waals surface area contributed by atoms with Crippen molar-refractivity contribution >= 4 is 28.5 Å². The van der Waals surface area contributed by atoms with Crippen LogP contribution in [0.25, 0.3) is 11.1 Å². The van der Waals surface area contributed by atoms with Crippen LogP contribution in [-0.4, -0.2) is 79.4 Å². The van der Waals surface area contributed by atoms with Gasteiger partial charge in [0.25, 0.3) is 0 Å². The molecule has 2 fully saturated rings. The van der Waals surface area contributed by atoms with E-state index in [2.05, 4.69) is 81.2 Å². The van der Waals surface area contributed by atoms with Gasteiger partial charge >= 0.3 is 7.12 Å². The molecule has 4 aromatic rings. The number of aryl methyl sites for hydroxylation is 2. The van der Waals surface area contributed by atoms with Crippen molar-refractivity contribution in [2.24, 2.45) is 0 Å². The van der Waals surface area contributed by atoms with E-state index in [0.717, 1.165) is 47.6 Å². The first-order valence-corrected chi connectivity index (χ1v) is 19.2. The van der Waals surface area contributed by atoms with Crippen LogP contribution in [0.3, 0.4) is 0 Å². The normalized spacial score (nSPS) is 14.8. The van der Waals surface area contributed by atoms with E-state index in [1.54, 1.807) is 12.1 Å². The standard InChI is InChI=1S/C21H27NO.C14H20BrNO.C7H9BO2/c1-18-6-8-19(9-7-18)20-10-12-21(13-11-20)23-17-5-16-22-14-3-2-4-15-22;15-13-5-7-14(8-6-13)17-12-4-11-16-9-2-1-3-10-16;1-6-2-4-7(5-3-6)8(9)10/h6-13H,2-5,14-17H2,1H3;5-8H,1-4,9-12H2;2-5,9-10H,1H3. The average molecular weight is 744 g/mol. The lowest BCUT2D eigenvalue weighted by Gasteiger charge is -2.26. The highest BCUT2D eigenvalue weighted by Crippen LogP contribution is 2.23. The Morgan fingerprint density at radius 3 is 1.34 bits per heavy atom. The fourth-order valence-electron chi connectivity index (χ4n) is 6.08. The molecule has 268 valence electrons. The number of hydrogen-bond acceptors (Lipinski definition) is 6. The van der Waals surface area contributed by atoms with Gasteiger partial charge in [0.15, 0.2) is 0 Å². The predicted octanol–water partition coefficient (Wildman–Crippen LogP) is 8.30. The van der Waals surface area contributed by atoms with Crippen LogP contribution in [0.1, 0.15) is 62.5 Å². The highest BCUT2D eigenvalue weighted by atomic mass is 79.9. The predicted molar refractivity (Wildman–Crippen MR) is 213 cm³/mol. The summed E-state index contributed by atoms with van der Waals surface area (Å²) in [6.07, 6.45) is 10.5. The van der Waals surface area contributed by atoms with Crippen molar-refractivity contribution in [3.8, 4) is 22.6 Å². The summed E-state index contributed by atoms with van der Waals surface area (Å²) in [5, 5.41) is 17.3. The Balaban J connectivity index is 0.000000182. The molecular weight excluding hydrogens is 687 g/mol. The third-order valence-electron chi connectivity index (χ3n) is 9.10. The Hall–Kier alpha value is -3.14. The van der Waals surface area contributed by atoms with Crippen molar-refractivity contribution in [1.29, 1.82) is 0 Å². The maximum atomic E-state index is 8.67. The molecule has 0 radical (unpaired) electrons. The van der Waals surface area contributed by atoms with Crippen molar-refractivity contribution in [2.75, 3.05) is 52.5 Å². The van der Waals surface area contributed by atoms with Crippen molar-refractivity contribution in [2.45, 2.75) is 65.2 Å². The number of halogens is 1. The molecule has 2 heterocycles. The van der Waals surface area contributed by atoms with Gasteiger partial charge in [-0.2, -0.15) is 0 Å². The number of piperidine rings is 2. The summed E-state index contributed by atoms with van der Waals surface area (Å²) in [6.45, 7) is 13.1. The summed E-state index contributed by atoms with van der Waals surface area (Å²) in [5.74, 6) is 1.94. The van der Waals surface area contributed by atoms with Crippen molar-refractivity contribution in [3.63, 3.8) is 0 Å². The second-order valence-electron chi connectivity index (χ2n) is 13.3. The molecule has 8 heteroatoms. The second kappa shape index (κ2) is 22.6. The number of hydrogen-bond donors (Lipinski definition) is 2. The lowest BCUT2D eigenvalue weighted by atomic mass is 9.80. The van der Waals surface area contributed by atoms with E-state index in [-0.39, 0.29) is 0 Å². The number of rotatable bonds is 12. The molecule has 50 heavy (non-hydrogen) atoms. The minimum absolute atomic E-state index is 0.533. The van der Waals surface area contributed by atoms with Gasteiger partial charge in [-0.1, -0.05) is 101 Å². The molecule has 0 unspecified atom stereocenters. The second-order valence-corrected chi connectivity index (χ2v) is 14.3. The quantitative estimate of drug-likeness (QED) is 0.113. The molecule has 0 amide bonds. The minimum Gasteiger partial charge on any atom is -0.494 e. The van der Waals surface area contributed by atoms with E-state index >= 15 is 0 Å². The zero-order valence-corrected chi connectivity index (χ0v) is 31.7. The summed E-state index contributed by atoms with van der Waals surface area (Å²) in [4.78, 5) is 5.11. The molecule has 2 saturated heterocycles. The van der Waals surface area contributed by atoms with Gasteiger partial charge in [0.05, 0.1) is 13.2 Å². The molecule has 6 nitrogen and oxygen atoms in total. The SMILES string of the molecule is Brc1ccc(OCCCN2CCCCC2)cc1.Cc1ccc(-c2ccc(OCCCN3CCCCC3)cc2)cc1.Cc1ccc(B(O)O)cc1. The minimum atomic E-state index is -1.35. The van der Waals surface area contributed by atoms with Crippen LogP contribution in [0.5, 0.6) is 11.5 Å². The molecule has 2 aliphatic rings. The van der Waals surface area contributed by atoms with Gasteiger partial charge in [-0.25, -0.2) is 0 Å². The van der Waals surface area contributed by atoms with E-state index in [9.17, 15) is 0 Å². The highest BCUT2D eigenvalue weighted by molar-refractivity contribution is 9.10. The van der Waals surface area contributed by atoms with Crippen molar-refractivity contribution in [3.05, 3.63) is 113 Å². The van der Waals surface area contributed by atoms with E-state index in [1.807, 2.05) is 43.3 Å². The van der Waals surface area contributed by atoms with Gasteiger partial charge in [0.2, 0.25) is 0 Å². The molecule has 6 rings (SSSR count). The Kier molecular flexibility index (Phi) is 17.9. The van der Waals surface area contributed by atoms with E-state index in [4.69, 9.17) is 19.5 Å². The lowest BCUT2D eigenvalue weighted by Crippen LogP contribution is -2.31. The lowest BCUT2D eigenvalue weighted by molar-refractivity contribution is 0.205. The Bertz CT molecular complexity index is 1460. The molecule has 2 N–H and O–H groups in total. The molecular formula is C42H56BBrN2O4. The van der Waals surface area contributed by atoms with Gasteiger partial charge in [-0.3, -0.25) is 0 Å². The molecule has 2 aliphatic heterocycles. The molecule has 4 aromatic carbocycles. The van der Waals surface area contributed by atoms with Gasteiger partial charge in [-0.05, 0) is 132 Å². The van der Waals surface area contributed by atoms with Gasteiger partial charge in [-0.15, -0.1) is 0 Å². The Morgan fingerprint density at radius 1 is 0.540 bits per heavy atom. The third-order valence-corrected chi connectivity index (χ3v) is 9.63. The number of ether oxygens (including phenoxy) is 2. The smallest absolute Gasteiger partial charge is 0.488 e. The van der Waals surface area contributed by atoms with Gasteiger partial charge in [0, 0.05) is 17.6 Å². The zero-order valence-electron chi connectivity index (χ0n) is 30.1. The average Bonchev–Trinajstić information content (AvgIpc) is 3.15. The summed E-state index contributed by atoms with van der Waals surface area (Å²) in [7, 11) is -1.35. The van der Waals surface area contributed by atoms with Crippen molar-refractivity contribution in [1.82, 2.24) is 9.80 Å². The van der Waals surface area contributed by atoms with Crippen LogP contribution < -0.4 is 14.9 Å². The van der Waals surface area contributed by atoms with Crippen LogP contribution in [0.4, 0.5) is 0 Å². The van der Waals surface area contributed by atoms with E-state index < -0.39 is 7.12 Å². The van der Waals surface area contributed by atoms with Gasteiger partial charge < -0.3 is 29.3 Å². The van der Waals surface area contributed by atoms with Gasteiger partial charge in [0.1, 0.15) is 11.5 Å². The van der Waals surface area contributed by atoms with Crippen molar-refractivity contribution < 1.29 is 19.5 Å². The molecule has 0 spiro atoms. The Morgan fingerprint density at radius 2 is 0.920 bits per heavy atom. The summed E-state index contributed by atoms with van der Waals surface area (Å²) < 4.78 is 12.7. The zero-order chi connectivity index (χ0) is 35.4. The number of nitrogens with zero attached hydrogens (tertiary/aromatic N) is 2. The molecule has 0 bridgehead atoms. The third kappa shape index (κ3) is 15.4. The fraction of sp³-hybridized carbons (Fsp3) is 0.429. The molecule has 0 atom stereocenters. The number of likely N-dealkylation sites (tertiary alicyclic amines) is 2. The Labute approximate surface area is 309 Å². The number of benzene rings is 4. The first-order chi connectivity index (χ1) is 24.4. The van der Waals surface area contributed by atoms with E-state index in [1.165, 1.54) is 94.5 Å². The van der Waals surface area contributed by atoms with E-state index in [0.29, 0.717) is 5.46 Å². The monoisotopic (exact) mass is 742 g/mol. The first kappa shape index (κ1) is 39.6. The molecule has 0 aliphatic carbocycles. The van der Waals surface area contributed by atoms with Crippen LogP contribution in [-0.2, 0) is 0 Å². The summed E-state index contributed by atoms with van der Waals surface area (Å²) in [5.41, 5.74) is 5.44.